The second-order valence-electron chi connectivity index (χ2n) is 7.93. The van der Waals surface area contributed by atoms with E-state index in [1.807, 2.05) is 17.0 Å². The number of hydrogen-bond acceptors (Lipinski definition) is 7. The van der Waals surface area contributed by atoms with E-state index in [0.29, 0.717) is 36.7 Å². The molecule has 4 rings (SSSR count). The van der Waals surface area contributed by atoms with Crippen molar-refractivity contribution in [2.45, 2.75) is 37.7 Å². The van der Waals surface area contributed by atoms with Crippen LogP contribution in [-0.4, -0.2) is 71.1 Å². The van der Waals surface area contributed by atoms with Crippen LogP contribution in [0.2, 0.25) is 0 Å². The van der Waals surface area contributed by atoms with Crippen LogP contribution in [0.15, 0.2) is 30.7 Å². The topological polar surface area (TPSA) is 109 Å². The molecule has 2 aromatic rings. The summed E-state index contributed by atoms with van der Waals surface area (Å²) >= 11 is 0. The minimum Gasteiger partial charge on any atom is -0.376 e. The number of hydrogen-bond donors (Lipinski definition) is 2. The lowest BCUT2D eigenvalue weighted by atomic mass is 9.92. The molecule has 2 N–H and O–H groups in total. The number of carbonyl (C=O) groups excluding carboxylic acids is 2. The quantitative estimate of drug-likeness (QED) is 0.728. The molecule has 2 amide bonds. The number of aromatic nitrogens is 3. The predicted octanol–water partition coefficient (Wildman–Crippen LogP) is 1.84. The number of amides is 2. The van der Waals surface area contributed by atoms with Gasteiger partial charge in [0, 0.05) is 63.5 Å². The summed E-state index contributed by atoms with van der Waals surface area (Å²) < 4.78 is 5.53. The molecule has 0 saturated carbocycles. The Balaban J connectivity index is 1.28. The van der Waals surface area contributed by atoms with Crippen LogP contribution in [0, 0.1) is 0 Å². The molecule has 0 aliphatic carbocycles. The molecule has 2 aliphatic rings. The smallest absolute Gasteiger partial charge is 0.256 e. The van der Waals surface area contributed by atoms with Crippen LogP contribution in [0.5, 0.6) is 0 Å². The van der Waals surface area contributed by atoms with Crippen LogP contribution in [0.1, 0.15) is 58.0 Å². The summed E-state index contributed by atoms with van der Waals surface area (Å²) in [4.78, 5) is 39.6. The third-order valence-electron chi connectivity index (χ3n) is 5.89. The molecule has 4 heterocycles. The van der Waals surface area contributed by atoms with E-state index in [2.05, 4.69) is 25.6 Å². The van der Waals surface area contributed by atoms with E-state index in [1.165, 1.54) is 0 Å². The Hall–Kier alpha value is -3.07. The summed E-state index contributed by atoms with van der Waals surface area (Å²) in [6.07, 6.45) is 8.58. The van der Waals surface area contributed by atoms with Crippen LogP contribution in [0.4, 0.5) is 5.95 Å². The largest absolute Gasteiger partial charge is 0.376 e. The van der Waals surface area contributed by atoms with Gasteiger partial charge in [-0.3, -0.25) is 14.6 Å². The van der Waals surface area contributed by atoms with Gasteiger partial charge in [-0.2, -0.15) is 0 Å². The molecule has 2 fully saturated rings. The Kier molecular flexibility index (Phi) is 6.71. The first kappa shape index (κ1) is 21.2. The fourth-order valence-electron chi connectivity index (χ4n) is 4.02. The van der Waals surface area contributed by atoms with Crippen molar-refractivity contribution in [1.82, 2.24) is 25.2 Å². The van der Waals surface area contributed by atoms with Crippen LogP contribution >= 0.6 is 0 Å². The Labute approximate surface area is 181 Å². The number of pyridine rings is 1. The van der Waals surface area contributed by atoms with E-state index in [1.54, 1.807) is 25.6 Å². The second kappa shape index (κ2) is 9.82. The molecule has 0 spiro atoms. The number of piperidine rings is 1. The molecule has 9 nitrogen and oxygen atoms in total. The number of carbonyl (C=O) groups is 2. The molecule has 2 aromatic heterocycles. The van der Waals surface area contributed by atoms with Crippen LogP contribution in [0.3, 0.4) is 0 Å². The minimum absolute atomic E-state index is 0.0488. The van der Waals surface area contributed by atoms with E-state index in [4.69, 9.17) is 4.74 Å². The number of ether oxygens (including phenoxy) is 1. The maximum atomic E-state index is 12.7. The van der Waals surface area contributed by atoms with Crippen molar-refractivity contribution in [3.63, 3.8) is 0 Å². The lowest BCUT2D eigenvalue weighted by Gasteiger charge is -2.31. The number of likely N-dealkylation sites (tertiary alicyclic amines) is 1. The molecule has 9 heteroatoms. The molecule has 0 radical (unpaired) electrons. The Morgan fingerprint density at radius 1 is 1.06 bits per heavy atom. The predicted molar refractivity (Wildman–Crippen MR) is 115 cm³/mol. The lowest BCUT2D eigenvalue weighted by molar-refractivity contribution is 0.0711. The molecule has 164 valence electrons. The molecule has 31 heavy (non-hydrogen) atoms. The highest BCUT2D eigenvalue weighted by Gasteiger charge is 2.26. The van der Waals surface area contributed by atoms with Gasteiger partial charge < -0.3 is 20.3 Å². The fourth-order valence-corrected chi connectivity index (χ4v) is 4.02. The number of nitrogens with zero attached hydrogens (tertiary/aromatic N) is 4. The Morgan fingerprint density at radius 2 is 1.81 bits per heavy atom. The van der Waals surface area contributed by atoms with Gasteiger partial charge in [0.05, 0.1) is 17.2 Å². The second-order valence-corrected chi connectivity index (χ2v) is 7.93. The van der Waals surface area contributed by atoms with Crippen LogP contribution < -0.4 is 10.6 Å². The SMILES string of the molecule is CNc1ncc(C(=O)N2CCC(c3ccc(C(=O)NC[C@H]4CCCO4)cn3)CC2)cn1. The zero-order valence-electron chi connectivity index (χ0n) is 17.7. The van der Waals surface area contributed by atoms with Crippen molar-refractivity contribution >= 4 is 17.8 Å². The van der Waals surface area contributed by atoms with E-state index in [9.17, 15) is 9.59 Å². The first-order chi connectivity index (χ1) is 15.1. The zero-order valence-corrected chi connectivity index (χ0v) is 17.7. The monoisotopic (exact) mass is 424 g/mol. The maximum absolute atomic E-state index is 12.7. The van der Waals surface area contributed by atoms with Gasteiger partial charge in [0.15, 0.2) is 0 Å². The number of nitrogens with one attached hydrogen (secondary N) is 2. The van der Waals surface area contributed by atoms with Gasteiger partial charge in [0.2, 0.25) is 5.95 Å². The lowest BCUT2D eigenvalue weighted by Crippen LogP contribution is -2.38. The number of rotatable bonds is 6. The zero-order chi connectivity index (χ0) is 21.6. The summed E-state index contributed by atoms with van der Waals surface area (Å²) in [7, 11) is 1.74. The number of anilines is 1. The van der Waals surface area contributed by atoms with Gasteiger partial charge in [0.25, 0.3) is 11.8 Å². The average molecular weight is 425 g/mol. The van der Waals surface area contributed by atoms with Gasteiger partial charge in [-0.25, -0.2) is 9.97 Å². The van der Waals surface area contributed by atoms with Crippen molar-refractivity contribution in [2.24, 2.45) is 0 Å². The summed E-state index contributed by atoms with van der Waals surface area (Å²) in [5, 5.41) is 5.76. The summed E-state index contributed by atoms with van der Waals surface area (Å²) in [6.45, 7) is 2.62. The Bertz CT molecular complexity index is 888. The van der Waals surface area contributed by atoms with E-state index < -0.39 is 0 Å². The third kappa shape index (κ3) is 5.16. The summed E-state index contributed by atoms with van der Waals surface area (Å²) in [5.41, 5.74) is 2.01. The van der Waals surface area contributed by atoms with Crippen molar-refractivity contribution in [2.75, 3.05) is 38.6 Å². The maximum Gasteiger partial charge on any atom is 0.256 e. The molecule has 2 saturated heterocycles. The molecule has 0 bridgehead atoms. The van der Waals surface area contributed by atoms with Gasteiger partial charge in [-0.1, -0.05) is 0 Å². The van der Waals surface area contributed by atoms with Gasteiger partial charge in [-0.05, 0) is 37.8 Å². The highest BCUT2D eigenvalue weighted by molar-refractivity contribution is 5.94. The molecule has 0 unspecified atom stereocenters. The molecule has 1 atom stereocenters. The molecular formula is C22H28N6O3. The average Bonchev–Trinajstić information content (AvgIpc) is 3.36. The summed E-state index contributed by atoms with van der Waals surface area (Å²) in [5.74, 6) is 0.593. The van der Waals surface area contributed by atoms with Gasteiger partial charge in [-0.15, -0.1) is 0 Å². The van der Waals surface area contributed by atoms with Gasteiger partial charge in [0.1, 0.15) is 0 Å². The highest BCUT2D eigenvalue weighted by Crippen LogP contribution is 2.27. The third-order valence-corrected chi connectivity index (χ3v) is 5.89. The van der Waals surface area contributed by atoms with Crippen molar-refractivity contribution in [3.8, 4) is 0 Å². The molecule has 0 aromatic carbocycles. The fraction of sp³-hybridized carbons (Fsp3) is 0.500. The first-order valence-electron chi connectivity index (χ1n) is 10.8. The Morgan fingerprint density at radius 3 is 2.42 bits per heavy atom. The standard InChI is InChI=1S/C22H28N6O3/c1-23-22-26-12-17(13-27-22)21(30)28-8-6-15(7-9-28)19-5-4-16(11-24-19)20(29)25-14-18-3-2-10-31-18/h4-5,11-13,15,18H,2-3,6-10,14H2,1H3,(H,25,29)(H,23,26,27)/t18-/m1/s1. The molecule has 2 aliphatic heterocycles. The van der Waals surface area contributed by atoms with Crippen molar-refractivity contribution in [3.05, 3.63) is 47.5 Å². The first-order valence-corrected chi connectivity index (χ1v) is 10.8. The summed E-state index contributed by atoms with van der Waals surface area (Å²) in [6, 6.07) is 3.75. The van der Waals surface area contributed by atoms with E-state index >= 15 is 0 Å². The molecular weight excluding hydrogens is 396 g/mol. The van der Waals surface area contributed by atoms with E-state index in [-0.39, 0.29) is 23.8 Å². The van der Waals surface area contributed by atoms with Crippen LogP contribution in [0.25, 0.3) is 0 Å². The van der Waals surface area contributed by atoms with Crippen LogP contribution in [-0.2, 0) is 4.74 Å². The van der Waals surface area contributed by atoms with Gasteiger partial charge >= 0.3 is 0 Å². The minimum atomic E-state index is -0.124. The normalized spacial score (nSPS) is 19.3. The van der Waals surface area contributed by atoms with E-state index in [0.717, 1.165) is 38.0 Å². The van der Waals surface area contributed by atoms with Crippen molar-refractivity contribution < 1.29 is 14.3 Å². The van der Waals surface area contributed by atoms with Crippen molar-refractivity contribution in [1.29, 1.82) is 0 Å². The highest BCUT2D eigenvalue weighted by atomic mass is 16.5.